The fraction of sp³-hybridized carbons (Fsp3) is 0.276. The van der Waals surface area contributed by atoms with Crippen LogP contribution in [0.3, 0.4) is 0 Å². The predicted octanol–water partition coefficient (Wildman–Crippen LogP) is 6.54. The summed E-state index contributed by atoms with van der Waals surface area (Å²) >= 11 is 6.99. The largest absolute Gasteiger partial charge is 0.273 e. The van der Waals surface area contributed by atoms with Gasteiger partial charge in [-0.15, -0.1) is 0 Å². The predicted molar refractivity (Wildman–Crippen MR) is 153 cm³/mol. The van der Waals surface area contributed by atoms with Gasteiger partial charge in [0.05, 0.1) is 11.4 Å². The SMILES string of the molecule is CC1(C)CC(=O)N(C(=O)[C@@]2(C)CC(c3ccc(Br)cc3)=NN2c2ccc(Br)cc2)N1Cc1ccccc1. The number of carbonyl (C=O) groups excluding carboxylic acids is 2. The first kappa shape index (κ1) is 25.8. The van der Waals surface area contributed by atoms with E-state index < -0.39 is 11.1 Å². The van der Waals surface area contributed by atoms with Crippen molar-refractivity contribution in [2.75, 3.05) is 5.01 Å². The topological polar surface area (TPSA) is 56.2 Å². The molecule has 1 fully saturated rings. The number of benzene rings is 3. The quantitative estimate of drug-likeness (QED) is 0.303. The van der Waals surface area contributed by atoms with E-state index in [0.29, 0.717) is 13.0 Å². The molecule has 2 aliphatic rings. The van der Waals surface area contributed by atoms with Crippen LogP contribution < -0.4 is 5.01 Å². The summed E-state index contributed by atoms with van der Waals surface area (Å²) in [7, 11) is 0. The van der Waals surface area contributed by atoms with Crippen LogP contribution in [0.25, 0.3) is 0 Å². The van der Waals surface area contributed by atoms with E-state index in [1.165, 1.54) is 5.01 Å². The summed E-state index contributed by atoms with van der Waals surface area (Å²) in [6, 6.07) is 25.6. The average molecular weight is 624 g/mol. The van der Waals surface area contributed by atoms with Crippen LogP contribution in [0.1, 0.15) is 44.7 Å². The molecule has 2 aliphatic heterocycles. The molecule has 190 valence electrons. The van der Waals surface area contributed by atoms with Gasteiger partial charge in [-0.3, -0.25) is 9.59 Å². The Kier molecular flexibility index (Phi) is 6.85. The molecule has 0 spiro atoms. The number of hydrogen-bond acceptors (Lipinski definition) is 5. The second-order valence-electron chi connectivity index (χ2n) is 10.3. The zero-order valence-electron chi connectivity index (χ0n) is 21.0. The van der Waals surface area contributed by atoms with Crippen molar-refractivity contribution >= 4 is 55.1 Å². The molecular formula is C29H28Br2N4O2. The first-order valence-electron chi connectivity index (χ1n) is 12.2. The van der Waals surface area contributed by atoms with Crippen LogP contribution in [0.15, 0.2) is 92.9 Å². The average Bonchev–Trinajstić information content (AvgIpc) is 3.33. The van der Waals surface area contributed by atoms with Gasteiger partial charge in [0.2, 0.25) is 5.91 Å². The number of anilines is 1. The summed E-state index contributed by atoms with van der Waals surface area (Å²) < 4.78 is 1.91. The van der Waals surface area contributed by atoms with Gasteiger partial charge < -0.3 is 0 Å². The number of hydrogen-bond donors (Lipinski definition) is 0. The second kappa shape index (κ2) is 9.82. The number of hydrazone groups is 1. The Hall–Kier alpha value is -2.81. The lowest BCUT2D eigenvalue weighted by atomic mass is 9.91. The summed E-state index contributed by atoms with van der Waals surface area (Å²) in [4.78, 5) is 27.9. The summed E-state index contributed by atoms with van der Waals surface area (Å²) in [5.74, 6) is -0.474. The summed E-state index contributed by atoms with van der Waals surface area (Å²) in [5.41, 5.74) is 1.96. The van der Waals surface area contributed by atoms with Gasteiger partial charge in [-0.2, -0.15) is 5.10 Å². The molecule has 1 saturated heterocycles. The summed E-state index contributed by atoms with van der Waals surface area (Å²) in [6.45, 7) is 6.36. The molecule has 6 nitrogen and oxygen atoms in total. The number of rotatable bonds is 5. The van der Waals surface area contributed by atoms with Gasteiger partial charge in [-0.25, -0.2) is 15.0 Å². The highest BCUT2D eigenvalue weighted by atomic mass is 79.9. The highest BCUT2D eigenvalue weighted by molar-refractivity contribution is 9.10. The van der Waals surface area contributed by atoms with E-state index in [2.05, 4.69) is 31.9 Å². The smallest absolute Gasteiger partial charge is 0.272 e. The number of imide groups is 1. The van der Waals surface area contributed by atoms with Gasteiger partial charge in [0.1, 0.15) is 5.54 Å². The van der Waals surface area contributed by atoms with Crippen LogP contribution in [0.2, 0.25) is 0 Å². The Labute approximate surface area is 234 Å². The van der Waals surface area contributed by atoms with Crippen molar-refractivity contribution in [1.29, 1.82) is 0 Å². The van der Waals surface area contributed by atoms with Crippen LogP contribution in [0.5, 0.6) is 0 Å². The van der Waals surface area contributed by atoms with Crippen molar-refractivity contribution in [3.05, 3.63) is 98.9 Å². The van der Waals surface area contributed by atoms with E-state index in [1.54, 1.807) is 5.01 Å². The molecule has 3 aromatic rings. The van der Waals surface area contributed by atoms with Gasteiger partial charge >= 0.3 is 0 Å². The number of carbonyl (C=O) groups is 2. The van der Waals surface area contributed by atoms with Crippen molar-refractivity contribution in [2.45, 2.75) is 51.2 Å². The lowest BCUT2D eigenvalue weighted by Gasteiger charge is -2.41. The lowest BCUT2D eigenvalue weighted by molar-refractivity contribution is -0.164. The minimum Gasteiger partial charge on any atom is -0.273 e. The van der Waals surface area contributed by atoms with Crippen LogP contribution in [0, 0.1) is 0 Å². The molecule has 2 amide bonds. The van der Waals surface area contributed by atoms with E-state index in [9.17, 15) is 9.59 Å². The first-order valence-corrected chi connectivity index (χ1v) is 13.8. The molecule has 0 saturated carbocycles. The van der Waals surface area contributed by atoms with Crippen molar-refractivity contribution in [3.63, 3.8) is 0 Å². The van der Waals surface area contributed by atoms with Gasteiger partial charge in [0.25, 0.3) is 5.91 Å². The zero-order valence-corrected chi connectivity index (χ0v) is 24.2. The molecule has 37 heavy (non-hydrogen) atoms. The molecule has 0 unspecified atom stereocenters. The maximum Gasteiger partial charge on any atom is 0.272 e. The number of halogens is 2. The highest BCUT2D eigenvalue weighted by Gasteiger charge is 2.55. The number of amides is 2. The fourth-order valence-corrected chi connectivity index (χ4v) is 5.52. The maximum atomic E-state index is 14.5. The third-order valence-electron chi connectivity index (χ3n) is 7.04. The molecule has 0 radical (unpaired) electrons. The van der Waals surface area contributed by atoms with Gasteiger partial charge in [-0.1, -0.05) is 74.3 Å². The molecule has 2 heterocycles. The van der Waals surface area contributed by atoms with Crippen LogP contribution in [-0.2, 0) is 16.1 Å². The van der Waals surface area contributed by atoms with Gasteiger partial charge in [0.15, 0.2) is 0 Å². The molecule has 0 aliphatic carbocycles. The van der Waals surface area contributed by atoms with Gasteiger partial charge in [0, 0.05) is 33.9 Å². The van der Waals surface area contributed by atoms with E-state index in [1.807, 2.05) is 105 Å². The third-order valence-corrected chi connectivity index (χ3v) is 8.09. The van der Waals surface area contributed by atoms with Crippen LogP contribution in [0.4, 0.5) is 5.69 Å². The van der Waals surface area contributed by atoms with Gasteiger partial charge in [-0.05, 0) is 68.3 Å². The Bertz CT molecular complexity index is 1360. The Morgan fingerprint density at radius 1 is 0.865 bits per heavy atom. The van der Waals surface area contributed by atoms with E-state index in [-0.39, 0.29) is 18.2 Å². The molecule has 3 aromatic carbocycles. The molecule has 0 bridgehead atoms. The minimum atomic E-state index is -1.10. The van der Waals surface area contributed by atoms with Crippen LogP contribution in [-0.4, -0.2) is 38.6 Å². The van der Waals surface area contributed by atoms with E-state index >= 15 is 0 Å². The van der Waals surface area contributed by atoms with Crippen molar-refractivity contribution in [1.82, 2.24) is 10.0 Å². The van der Waals surface area contributed by atoms with Crippen molar-refractivity contribution in [3.8, 4) is 0 Å². The lowest BCUT2D eigenvalue weighted by Crippen LogP contribution is -2.60. The first-order chi connectivity index (χ1) is 17.6. The Morgan fingerprint density at radius 2 is 1.46 bits per heavy atom. The zero-order chi connectivity index (χ0) is 26.4. The Balaban J connectivity index is 1.55. The van der Waals surface area contributed by atoms with E-state index in [4.69, 9.17) is 5.10 Å². The number of hydrazine groups is 1. The molecule has 8 heteroatoms. The Morgan fingerprint density at radius 3 is 2.08 bits per heavy atom. The van der Waals surface area contributed by atoms with E-state index in [0.717, 1.165) is 31.5 Å². The molecule has 1 atom stereocenters. The highest BCUT2D eigenvalue weighted by Crippen LogP contribution is 2.40. The monoisotopic (exact) mass is 622 g/mol. The second-order valence-corrected chi connectivity index (χ2v) is 12.2. The maximum absolute atomic E-state index is 14.5. The summed E-state index contributed by atoms with van der Waals surface area (Å²) in [5, 5.41) is 10.0. The summed E-state index contributed by atoms with van der Waals surface area (Å²) in [6.07, 6.45) is 0.632. The molecule has 0 aromatic heterocycles. The molecule has 5 rings (SSSR count). The third kappa shape index (κ3) is 4.90. The van der Waals surface area contributed by atoms with Crippen LogP contribution >= 0.6 is 31.9 Å². The minimum absolute atomic E-state index is 0.194. The molecular weight excluding hydrogens is 596 g/mol. The fourth-order valence-electron chi connectivity index (χ4n) is 4.99. The standard InChI is InChI=1S/C29H28Br2N4O2/c1-28(2)18-26(36)34(33(28)19-20-7-5-4-6-8-20)27(37)29(3)17-25(21-9-11-22(30)12-10-21)32-35(29)24-15-13-23(31)14-16-24/h4-16H,17-19H2,1-3H3/t29-/m1/s1. The molecule has 0 N–H and O–H groups in total. The van der Waals surface area contributed by atoms with Crippen molar-refractivity contribution in [2.24, 2.45) is 5.10 Å². The number of nitrogens with zero attached hydrogens (tertiary/aromatic N) is 4. The normalized spacial score (nSPS) is 21.4. The van der Waals surface area contributed by atoms with Crippen molar-refractivity contribution < 1.29 is 9.59 Å².